The number of likely N-dealkylation sites (N-methyl/N-ethyl adjacent to an activating group) is 1. The highest BCUT2D eigenvalue weighted by atomic mass is 15.3. The monoisotopic (exact) mass is 280 g/mol. The van der Waals surface area contributed by atoms with Crippen LogP contribution in [-0.2, 0) is 13.1 Å². The van der Waals surface area contributed by atoms with Gasteiger partial charge in [-0.05, 0) is 13.0 Å². The molecule has 6 heteroatoms. The zero-order valence-corrected chi connectivity index (χ0v) is 13.0. The largest absolute Gasteiger partial charge is 0.314 e. The first-order valence-electron chi connectivity index (χ1n) is 7.63. The molecule has 0 unspecified atom stereocenters. The average Bonchev–Trinajstić information content (AvgIpc) is 2.84. The van der Waals surface area contributed by atoms with Gasteiger partial charge < -0.3 is 5.32 Å². The van der Waals surface area contributed by atoms with Crippen molar-refractivity contribution in [2.45, 2.75) is 26.9 Å². The molecule has 6 nitrogen and oxygen atoms in total. The molecule has 2 heterocycles. The molecule has 1 fully saturated rings. The van der Waals surface area contributed by atoms with E-state index in [1.54, 1.807) is 6.33 Å². The van der Waals surface area contributed by atoms with E-state index < -0.39 is 0 Å². The fraction of sp³-hybridized carbons (Fsp3) is 0.857. The molecular weight excluding hydrogens is 252 g/mol. The summed E-state index contributed by atoms with van der Waals surface area (Å²) in [5.74, 6) is 1.67. The van der Waals surface area contributed by atoms with E-state index in [2.05, 4.69) is 46.1 Å². The summed E-state index contributed by atoms with van der Waals surface area (Å²) in [6, 6.07) is 0. The third kappa shape index (κ3) is 4.85. The molecule has 2 rings (SSSR count). The zero-order valence-electron chi connectivity index (χ0n) is 13.0. The van der Waals surface area contributed by atoms with Gasteiger partial charge in [-0.2, -0.15) is 5.10 Å². The van der Waals surface area contributed by atoms with Crippen LogP contribution in [0.5, 0.6) is 0 Å². The van der Waals surface area contributed by atoms with Crippen molar-refractivity contribution in [2.75, 3.05) is 46.3 Å². The first-order valence-corrected chi connectivity index (χ1v) is 7.63. The van der Waals surface area contributed by atoms with Crippen molar-refractivity contribution < 1.29 is 0 Å². The van der Waals surface area contributed by atoms with E-state index in [4.69, 9.17) is 0 Å². The van der Waals surface area contributed by atoms with Crippen LogP contribution in [-0.4, -0.2) is 70.9 Å². The minimum absolute atomic E-state index is 0.599. The summed E-state index contributed by atoms with van der Waals surface area (Å²) in [5, 5.41) is 7.71. The smallest absolute Gasteiger partial charge is 0.141 e. The maximum Gasteiger partial charge on any atom is 0.141 e. The van der Waals surface area contributed by atoms with Gasteiger partial charge in [0, 0.05) is 45.8 Å². The minimum atomic E-state index is 0.599. The van der Waals surface area contributed by atoms with Gasteiger partial charge in [-0.15, -0.1) is 0 Å². The number of piperazine rings is 1. The zero-order chi connectivity index (χ0) is 14.4. The lowest BCUT2D eigenvalue weighted by Crippen LogP contribution is -2.45. The summed E-state index contributed by atoms with van der Waals surface area (Å²) in [6.45, 7) is 13.0. The summed E-state index contributed by atoms with van der Waals surface area (Å²) in [7, 11) is 2.16. The third-order valence-corrected chi connectivity index (χ3v) is 3.65. The first kappa shape index (κ1) is 15.4. The lowest BCUT2D eigenvalue weighted by Gasteiger charge is -2.29. The first-order chi connectivity index (χ1) is 9.65. The summed E-state index contributed by atoms with van der Waals surface area (Å²) in [4.78, 5) is 9.25. The lowest BCUT2D eigenvalue weighted by atomic mass is 10.2. The predicted molar refractivity (Wildman–Crippen MR) is 80.5 cm³/mol. The van der Waals surface area contributed by atoms with Crippen molar-refractivity contribution in [3.63, 3.8) is 0 Å². The van der Waals surface area contributed by atoms with E-state index in [0.29, 0.717) is 5.92 Å². The van der Waals surface area contributed by atoms with Crippen LogP contribution in [0.3, 0.4) is 0 Å². The number of nitrogens with one attached hydrogen (secondary N) is 1. The van der Waals surface area contributed by atoms with Crippen LogP contribution >= 0.6 is 0 Å². The Morgan fingerprint density at radius 2 is 2.10 bits per heavy atom. The van der Waals surface area contributed by atoms with Gasteiger partial charge in [0.15, 0.2) is 0 Å². The number of aromatic nitrogens is 3. The van der Waals surface area contributed by atoms with E-state index >= 15 is 0 Å². The number of nitrogens with zero attached hydrogens (tertiary/aromatic N) is 5. The molecule has 0 aromatic carbocycles. The van der Waals surface area contributed by atoms with Crippen LogP contribution in [0.15, 0.2) is 6.33 Å². The average molecular weight is 280 g/mol. The Hall–Kier alpha value is -0.980. The SMILES string of the molecule is CC(C)Cn1ncnc1CN(C)CCN1CCNCC1. The second kappa shape index (κ2) is 7.71. The highest BCUT2D eigenvalue weighted by Crippen LogP contribution is 2.04. The van der Waals surface area contributed by atoms with Gasteiger partial charge >= 0.3 is 0 Å². The Labute approximate surface area is 122 Å². The number of hydrogen-bond acceptors (Lipinski definition) is 5. The molecule has 1 aromatic rings. The Morgan fingerprint density at radius 1 is 1.35 bits per heavy atom. The lowest BCUT2D eigenvalue weighted by molar-refractivity contribution is 0.199. The van der Waals surface area contributed by atoms with Crippen molar-refractivity contribution >= 4 is 0 Å². The van der Waals surface area contributed by atoms with E-state index in [9.17, 15) is 0 Å². The summed E-state index contributed by atoms with van der Waals surface area (Å²) >= 11 is 0. The summed E-state index contributed by atoms with van der Waals surface area (Å²) in [5.41, 5.74) is 0. The molecule has 0 bridgehead atoms. The number of rotatable bonds is 7. The normalized spacial score (nSPS) is 17.2. The standard InChI is InChI=1S/C14H28N6/c1-13(2)10-20-14(16-12-17-20)11-18(3)8-9-19-6-4-15-5-7-19/h12-13,15H,4-11H2,1-3H3. The maximum absolute atomic E-state index is 4.39. The van der Waals surface area contributed by atoms with Gasteiger partial charge in [0.25, 0.3) is 0 Å². The van der Waals surface area contributed by atoms with Gasteiger partial charge in [0.05, 0.1) is 6.54 Å². The third-order valence-electron chi connectivity index (χ3n) is 3.65. The van der Waals surface area contributed by atoms with E-state index in [1.807, 2.05) is 4.68 Å². The van der Waals surface area contributed by atoms with Crippen LogP contribution < -0.4 is 5.32 Å². The summed E-state index contributed by atoms with van der Waals surface area (Å²) in [6.07, 6.45) is 1.67. The predicted octanol–water partition coefficient (Wildman–Crippen LogP) is 0.271. The second-order valence-electron chi connectivity index (χ2n) is 6.08. The van der Waals surface area contributed by atoms with Gasteiger partial charge in [-0.3, -0.25) is 9.80 Å². The van der Waals surface area contributed by atoms with Crippen LogP contribution in [0.25, 0.3) is 0 Å². The van der Waals surface area contributed by atoms with Gasteiger partial charge in [-0.25, -0.2) is 9.67 Å². The molecule has 0 saturated carbocycles. The molecule has 0 aliphatic carbocycles. The molecule has 0 spiro atoms. The van der Waals surface area contributed by atoms with E-state index in [-0.39, 0.29) is 0 Å². The van der Waals surface area contributed by atoms with Crippen molar-refractivity contribution in [1.29, 1.82) is 0 Å². The Balaban J connectivity index is 1.76. The van der Waals surface area contributed by atoms with Crippen LogP contribution in [0, 0.1) is 5.92 Å². The molecular formula is C14H28N6. The molecule has 0 amide bonds. The van der Waals surface area contributed by atoms with Crippen LogP contribution in [0.2, 0.25) is 0 Å². The Kier molecular flexibility index (Phi) is 5.94. The minimum Gasteiger partial charge on any atom is -0.314 e. The molecule has 1 aliphatic heterocycles. The second-order valence-corrected chi connectivity index (χ2v) is 6.08. The maximum atomic E-state index is 4.39. The molecule has 20 heavy (non-hydrogen) atoms. The van der Waals surface area contributed by atoms with Crippen LogP contribution in [0.4, 0.5) is 0 Å². The highest BCUT2D eigenvalue weighted by molar-refractivity contribution is 4.84. The fourth-order valence-electron chi connectivity index (χ4n) is 2.48. The highest BCUT2D eigenvalue weighted by Gasteiger charge is 2.12. The van der Waals surface area contributed by atoms with Gasteiger partial charge in [-0.1, -0.05) is 13.8 Å². The molecule has 0 radical (unpaired) electrons. The molecule has 1 N–H and O–H groups in total. The molecule has 0 atom stereocenters. The Bertz CT molecular complexity index is 383. The van der Waals surface area contributed by atoms with Crippen LogP contribution in [0.1, 0.15) is 19.7 Å². The quantitative estimate of drug-likeness (QED) is 0.777. The van der Waals surface area contributed by atoms with Crippen molar-refractivity contribution in [1.82, 2.24) is 29.9 Å². The van der Waals surface area contributed by atoms with Crippen molar-refractivity contribution in [2.24, 2.45) is 5.92 Å². The van der Waals surface area contributed by atoms with Gasteiger partial charge in [0.1, 0.15) is 12.2 Å². The molecule has 1 aliphatic rings. The number of hydrogen-bond donors (Lipinski definition) is 1. The molecule has 114 valence electrons. The van der Waals surface area contributed by atoms with Crippen molar-refractivity contribution in [3.05, 3.63) is 12.2 Å². The summed E-state index contributed by atoms with van der Waals surface area (Å²) < 4.78 is 2.03. The molecule has 1 aromatic heterocycles. The van der Waals surface area contributed by atoms with Crippen molar-refractivity contribution in [3.8, 4) is 0 Å². The van der Waals surface area contributed by atoms with E-state index in [1.165, 1.54) is 0 Å². The fourth-order valence-corrected chi connectivity index (χ4v) is 2.48. The topological polar surface area (TPSA) is 49.2 Å². The Morgan fingerprint density at radius 3 is 2.80 bits per heavy atom. The molecule has 1 saturated heterocycles. The van der Waals surface area contributed by atoms with Gasteiger partial charge in [0.2, 0.25) is 0 Å². The van der Waals surface area contributed by atoms with E-state index in [0.717, 1.165) is 58.2 Å².